The van der Waals surface area contributed by atoms with Gasteiger partial charge in [-0.05, 0) is 95.4 Å². The molecular weight excluding hydrogens is 884 g/mol. The zero-order chi connectivity index (χ0) is 44.3. The lowest BCUT2D eigenvalue weighted by molar-refractivity contribution is 0.0944. The first-order valence-corrected chi connectivity index (χ1v) is 23.5. The van der Waals surface area contributed by atoms with Gasteiger partial charge in [-0.15, -0.1) is 0 Å². The molecule has 8 aromatic rings. The van der Waals surface area contributed by atoms with Crippen molar-refractivity contribution in [1.29, 1.82) is 0 Å². The van der Waals surface area contributed by atoms with Crippen LogP contribution in [0.4, 0.5) is 11.4 Å². The lowest BCUT2D eigenvalue weighted by Gasteiger charge is -2.13. The maximum atomic E-state index is 13.4. The molecule has 0 radical (unpaired) electrons. The molecule has 0 unspecified atom stereocenters. The third-order valence-corrected chi connectivity index (χ3v) is 14.2. The van der Waals surface area contributed by atoms with E-state index in [0.29, 0.717) is 40.7 Å². The predicted octanol–water partition coefficient (Wildman–Crippen LogP) is 13.8. The molecule has 10 heteroatoms. The summed E-state index contributed by atoms with van der Waals surface area (Å²) < 4.78 is 0. The van der Waals surface area contributed by atoms with Crippen molar-refractivity contribution in [2.45, 2.75) is 32.5 Å². The number of nitrogens with one attached hydrogen (secondary N) is 2. The molecule has 8 aromatic carbocycles. The summed E-state index contributed by atoms with van der Waals surface area (Å²) in [7, 11) is 0. The molecule has 0 aliphatic carbocycles. The third kappa shape index (κ3) is 9.30. The van der Waals surface area contributed by atoms with E-state index in [1.165, 1.54) is 0 Å². The van der Waals surface area contributed by atoms with Gasteiger partial charge in [0.1, 0.15) is 0 Å². The van der Waals surface area contributed by atoms with Crippen molar-refractivity contribution in [1.82, 2.24) is 10.6 Å². The van der Waals surface area contributed by atoms with E-state index in [9.17, 15) is 9.59 Å². The zero-order valence-electron chi connectivity index (χ0n) is 34.7. The van der Waals surface area contributed by atoms with Crippen LogP contribution < -0.4 is 10.6 Å². The number of aliphatic imine (C=N–C) groups is 2. The molecule has 2 N–H and O–H groups in total. The van der Waals surface area contributed by atoms with Crippen molar-refractivity contribution in [3.05, 3.63) is 237 Å². The van der Waals surface area contributed by atoms with Gasteiger partial charge in [0.2, 0.25) is 0 Å². The van der Waals surface area contributed by atoms with E-state index in [0.717, 1.165) is 86.9 Å². The number of hydrogen-bond acceptors (Lipinski definition) is 6. The van der Waals surface area contributed by atoms with Gasteiger partial charge >= 0.3 is 0 Å². The number of nitrogens with zero attached hydrogens (tertiary/aromatic N) is 2. The van der Waals surface area contributed by atoms with Crippen LogP contribution in [0.3, 0.4) is 0 Å². The molecule has 0 fully saturated rings. The summed E-state index contributed by atoms with van der Waals surface area (Å²) in [4.78, 5) is 41.3. The maximum Gasteiger partial charge on any atom is 0.251 e. The Morgan fingerprint density at radius 2 is 1.05 bits per heavy atom. The number of carbonyl (C=O) groups is 2. The Morgan fingerprint density at radius 3 is 1.75 bits per heavy atom. The van der Waals surface area contributed by atoms with E-state index in [1.807, 2.05) is 115 Å². The van der Waals surface area contributed by atoms with Gasteiger partial charge in [-0.25, -0.2) is 9.98 Å². The van der Waals surface area contributed by atoms with Gasteiger partial charge in [-0.3, -0.25) is 9.59 Å². The van der Waals surface area contributed by atoms with E-state index in [1.54, 1.807) is 23.5 Å². The highest BCUT2D eigenvalue weighted by atomic mass is 35.5. The first-order chi connectivity index (χ1) is 31.8. The second-order valence-corrected chi connectivity index (χ2v) is 18.6. The molecule has 6 nitrogen and oxygen atoms in total. The smallest absolute Gasteiger partial charge is 0.251 e. The van der Waals surface area contributed by atoms with Gasteiger partial charge in [-0.2, -0.15) is 0 Å². The summed E-state index contributed by atoms with van der Waals surface area (Å²) in [5.74, 6) is -0.339. The third-order valence-electron chi connectivity index (χ3n) is 11.3. The molecule has 0 aromatic heterocycles. The molecule has 10 rings (SSSR count). The van der Waals surface area contributed by atoms with E-state index >= 15 is 0 Å². The zero-order valence-corrected chi connectivity index (χ0v) is 37.9. The van der Waals surface area contributed by atoms with Crippen LogP contribution in [-0.2, 0) is 13.0 Å². The van der Waals surface area contributed by atoms with Crippen LogP contribution in [0.2, 0.25) is 10.0 Å². The molecule has 65 heavy (non-hydrogen) atoms. The number of amides is 2. The molecular formula is C55H38Cl2N4O2S2. The number of rotatable bonds is 10. The summed E-state index contributed by atoms with van der Waals surface area (Å²) >= 11 is 15.7. The van der Waals surface area contributed by atoms with E-state index < -0.39 is 0 Å². The molecule has 0 atom stereocenters. The van der Waals surface area contributed by atoms with Crippen LogP contribution in [0.15, 0.2) is 212 Å². The molecule has 2 aliphatic rings. The Labute approximate surface area is 395 Å². The Kier molecular flexibility index (Phi) is 12.2. The van der Waals surface area contributed by atoms with Gasteiger partial charge in [0.15, 0.2) is 0 Å². The summed E-state index contributed by atoms with van der Waals surface area (Å²) in [5, 5.41) is 7.39. The number of carbonyl (C=O) groups excluding carboxylic acids is 2. The van der Waals surface area contributed by atoms with E-state index in [2.05, 4.69) is 77.4 Å². The molecule has 0 saturated carbocycles. The van der Waals surface area contributed by atoms with Crippen LogP contribution in [0, 0.1) is 0 Å². The topological polar surface area (TPSA) is 82.9 Å². The Balaban J connectivity index is 0.929. The molecule has 0 saturated heterocycles. The quantitative estimate of drug-likeness (QED) is 0.143. The van der Waals surface area contributed by atoms with Gasteiger partial charge in [-0.1, -0.05) is 162 Å². The van der Waals surface area contributed by atoms with Crippen molar-refractivity contribution in [2.75, 3.05) is 6.54 Å². The highest BCUT2D eigenvalue weighted by Gasteiger charge is 2.23. The fourth-order valence-corrected chi connectivity index (χ4v) is 10.2. The van der Waals surface area contributed by atoms with Crippen molar-refractivity contribution in [3.63, 3.8) is 0 Å². The van der Waals surface area contributed by atoms with Crippen molar-refractivity contribution in [2.24, 2.45) is 9.98 Å². The molecule has 2 aliphatic heterocycles. The van der Waals surface area contributed by atoms with Gasteiger partial charge in [0.05, 0.1) is 22.8 Å². The lowest BCUT2D eigenvalue weighted by atomic mass is 9.96. The van der Waals surface area contributed by atoms with Crippen LogP contribution >= 0.6 is 46.7 Å². The fourth-order valence-electron chi connectivity index (χ4n) is 7.85. The summed E-state index contributed by atoms with van der Waals surface area (Å²) in [6, 6.07) is 60.1. The lowest BCUT2D eigenvalue weighted by Crippen LogP contribution is -2.25. The SMILES string of the molecule is O=C(NCCc1ccc(Cl)cc1)c1ccc2c(c1)N=C(c1ccc(-c3ccc4c(c3)Sc3ccc(C(=O)NCc5ccccc5Cl)cc3N=C4c3ccccc3)cc1)c1ccccc1S2. The average molecular weight is 922 g/mol. The second-order valence-electron chi connectivity index (χ2n) is 15.5. The van der Waals surface area contributed by atoms with E-state index in [4.69, 9.17) is 33.2 Å². The molecule has 2 amide bonds. The number of fused-ring (bicyclic) bond motifs is 4. The summed E-state index contributed by atoms with van der Waals surface area (Å²) in [6.45, 7) is 0.824. The van der Waals surface area contributed by atoms with E-state index in [-0.39, 0.29) is 11.8 Å². The molecule has 0 spiro atoms. The average Bonchev–Trinajstić information content (AvgIpc) is 3.62. The van der Waals surface area contributed by atoms with Crippen molar-refractivity contribution in [3.8, 4) is 11.1 Å². The first-order valence-electron chi connectivity index (χ1n) is 21.1. The minimum atomic E-state index is -0.197. The second kappa shape index (κ2) is 18.8. The molecule has 2 heterocycles. The summed E-state index contributed by atoms with van der Waals surface area (Å²) in [6.07, 6.45) is 0.702. The maximum absolute atomic E-state index is 13.4. The normalized spacial score (nSPS) is 12.5. The van der Waals surface area contributed by atoms with Gasteiger partial charge < -0.3 is 10.6 Å². The minimum Gasteiger partial charge on any atom is -0.352 e. The molecule has 0 bridgehead atoms. The first kappa shape index (κ1) is 42.3. The number of benzene rings is 8. The standard InChI is InChI=1S/C55H38Cl2N4O2S2/c56-42-23-14-34(15-24-42)28-29-58-54(62)39-21-26-49-46(30-39)61-53(43-11-5-7-13-48(43)64-49)37-18-16-35(17-19-37)38-20-25-44-51(32-38)65-50-27-22-40(55(63)59-33-41-10-4-6-12-45(41)57)31-47(50)60-52(44)36-8-2-1-3-9-36/h1-27,30-32H,28-29,33H2,(H,58,62)(H,59,63). The minimum absolute atomic E-state index is 0.142. The summed E-state index contributed by atoms with van der Waals surface area (Å²) in [5.41, 5.74) is 12.3. The highest BCUT2D eigenvalue weighted by molar-refractivity contribution is 8.00. The van der Waals surface area contributed by atoms with Crippen molar-refractivity contribution >= 4 is 81.3 Å². The van der Waals surface area contributed by atoms with Gasteiger partial charge in [0.25, 0.3) is 11.8 Å². The van der Waals surface area contributed by atoms with Crippen LogP contribution in [0.5, 0.6) is 0 Å². The molecule has 316 valence electrons. The largest absolute Gasteiger partial charge is 0.352 e. The number of halogens is 2. The monoisotopic (exact) mass is 920 g/mol. The predicted molar refractivity (Wildman–Crippen MR) is 267 cm³/mol. The van der Waals surface area contributed by atoms with Crippen LogP contribution in [0.25, 0.3) is 11.1 Å². The van der Waals surface area contributed by atoms with Crippen LogP contribution in [0.1, 0.15) is 54.1 Å². The van der Waals surface area contributed by atoms with Gasteiger partial charge in [0, 0.05) is 76.1 Å². The highest BCUT2D eigenvalue weighted by Crippen LogP contribution is 2.44. The number of hydrogen-bond donors (Lipinski definition) is 2. The van der Waals surface area contributed by atoms with Crippen molar-refractivity contribution < 1.29 is 9.59 Å². The Morgan fingerprint density at radius 1 is 0.477 bits per heavy atom. The Bertz CT molecular complexity index is 3190. The Hall–Kier alpha value is -6.68. The fraction of sp³-hybridized carbons (Fsp3) is 0.0545. The van der Waals surface area contributed by atoms with Crippen LogP contribution in [-0.4, -0.2) is 29.8 Å².